The van der Waals surface area contributed by atoms with Crippen molar-refractivity contribution in [2.75, 3.05) is 5.32 Å². The van der Waals surface area contributed by atoms with Gasteiger partial charge in [-0.15, -0.1) is 0 Å². The quantitative estimate of drug-likeness (QED) is 0.774. The maximum atomic E-state index is 14.0. The lowest BCUT2D eigenvalue weighted by Gasteiger charge is -2.12. The summed E-state index contributed by atoms with van der Waals surface area (Å²) in [5.41, 5.74) is -1.10. The molecule has 23 heavy (non-hydrogen) atoms. The Kier molecular flexibility index (Phi) is 5.28. The molecular formula is C15H10BrF2NO4. The van der Waals surface area contributed by atoms with Gasteiger partial charge in [0.1, 0.15) is 18.0 Å². The first-order valence-corrected chi connectivity index (χ1v) is 7.08. The zero-order valence-electron chi connectivity index (χ0n) is 11.5. The number of rotatable bonds is 4. The molecule has 0 aliphatic carbocycles. The molecule has 8 heteroatoms. The van der Waals surface area contributed by atoms with Crippen LogP contribution in [0.15, 0.2) is 40.9 Å². The number of hydrogen-bond acceptors (Lipinski definition) is 3. The molecule has 0 saturated carbocycles. The summed E-state index contributed by atoms with van der Waals surface area (Å²) in [6.45, 7) is -0.104. The summed E-state index contributed by atoms with van der Waals surface area (Å²) in [4.78, 5) is 22.8. The summed E-state index contributed by atoms with van der Waals surface area (Å²) >= 11 is 2.75. The van der Waals surface area contributed by atoms with E-state index in [0.29, 0.717) is 11.6 Å². The SMILES string of the molecule is O=C(Nc1c(F)c(Br)cc(F)c1C(=O)O)OCc1ccccc1. The molecule has 0 fully saturated rings. The highest BCUT2D eigenvalue weighted by Gasteiger charge is 2.24. The minimum atomic E-state index is -1.72. The van der Waals surface area contributed by atoms with E-state index >= 15 is 0 Å². The largest absolute Gasteiger partial charge is 0.478 e. The van der Waals surface area contributed by atoms with E-state index in [4.69, 9.17) is 9.84 Å². The lowest BCUT2D eigenvalue weighted by atomic mass is 10.1. The molecule has 2 aromatic rings. The Labute approximate surface area is 138 Å². The fraction of sp³-hybridized carbons (Fsp3) is 0.0667. The van der Waals surface area contributed by atoms with Crippen molar-refractivity contribution in [2.24, 2.45) is 0 Å². The van der Waals surface area contributed by atoms with Gasteiger partial charge in [-0.1, -0.05) is 30.3 Å². The predicted octanol–water partition coefficient (Wildman–Crippen LogP) is 4.17. The van der Waals surface area contributed by atoms with Gasteiger partial charge in [-0.2, -0.15) is 0 Å². The number of ether oxygens (including phenoxy) is 1. The molecule has 2 N–H and O–H groups in total. The Hall–Kier alpha value is -2.48. The smallest absolute Gasteiger partial charge is 0.412 e. The van der Waals surface area contributed by atoms with Gasteiger partial charge in [0.15, 0.2) is 5.82 Å². The molecule has 2 aromatic carbocycles. The molecule has 2 rings (SSSR count). The van der Waals surface area contributed by atoms with Crippen LogP contribution in [0.3, 0.4) is 0 Å². The van der Waals surface area contributed by atoms with Crippen molar-refractivity contribution in [1.82, 2.24) is 0 Å². The van der Waals surface area contributed by atoms with E-state index in [-0.39, 0.29) is 11.1 Å². The van der Waals surface area contributed by atoms with E-state index in [1.807, 2.05) is 5.32 Å². The van der Waals surface area contributed by atoms with Gasteiger partial charge >= 0.3 is 12.1 Å². The third-order valence-electron chi connectivity index (χ3n) is 2.83. The number of amides is 1. The molecule has 0 radical (unpaired) electrons. The van der Waals surface area contributed by atoms with E-state index in [1.165, 1.54) is 0 Å². The number of anilines is 1. The first kappa shape index (κ1) is 16.9. The van der Waals surface area contributed by atoms with Gasteiger partial charge in [0, 0.05) is 0 Å². The minimum absolute atomic E-state index is 0.104. The molecule has 0 aliphatic heterocycles. The number of carboxylic acids is 1. The van der Waals surface area contributed by atoms with Crippen molar-refractivity contribution in [3.05, 3.63) is 63.6 Å². The van der Waals surface area contributed by atoms with Crippen LogP contribution in [0, 0.1) is 11.6 Å². The minimum Gasteiger partial charge on any atom is -0.478 e. The summed E-state index contributed by atoms with van der Waals surface area (Å²) in [5, 5.41) is 10.9. The van der Waals surface area contributed by atoms with Crippen LogP contribution in [0.2, 0.25) is 0 Å². The fourth-order valence-electron chi connectivity index (χ4n) is 1.78. The molecule has 0 heterocycles. The number of hydrogen-bond donors (Lipinski definition) is 2. The zero-order chi connectivity index (χ0) is 17.0. The fourth-order valence-corrected chi connectivity index (χ4v) is 2.18. The van der Waals surface area contributed by atoms with E-state index in [1.54, 1.807) is 30.3 Å². The van der Waals surface area contributed by atoms with Gasteiger partial charge < -0.3 is 9.84 Å². The van der Waals surface area contributed by atoms with Crippen molar-refractivity contribution in [1.29, 1.82) is 0 Å². The Balaban J connectivity index is 2.19. The van der Waals surface area contributed by atoms with Crippen LogP contribution in [0.1, 0.15) is 15.9 Å². The average molecular weight is 386 g/mol. The van der Waals surface area contributed by atoms with Gasteiger partial charge in [-0.25, -0.2) is 18.4 Å². The standard InChI is InChI=1S/C15H10BrF2NO4/c16-9-6-10(17)11(14(20)21)13(12(9)18)19-15(22)23-7-8-4-2-1-3-5-8/h1-6H,7H2,(H,19,22)(H,20,21). The van der Waals surface area contributed by atoms with Gasteiger partial charge in [0.05, 0.1) is 10.2 Å². The monoisotopic (exact) mass is 385 g/mol. The predicted molar refractivity (Wildman–Crippen MR) is 81.3 cm³/mol. The number of halogens is 3. The molecule has 0 saturated heterocycles. The van der Waals surface area contributed by atoms with Crippen LogP contribution in [-0.4, -0.2) is 17.2 Å². The normalized spacial score (nSPS) is 10.2. The van der Waals surface area contributed by atoms with Crippen LogP contribution in [0.5, 0.6) is 0 Å². The Morgan fingerprint density at radius 3 is 2.48 bits per heavy atom. The number of aromatic carboxylic acids is 1. The zero-order valence-corrected chi connectivity index (χ0v) is 13.1. The number of nitrogens with one attached hydrogen (secondary N) is 1. The molecule has 0 atom stereocenters. The lowest BCUT2D eigenvalue weighted by molar-refractivity contribution is 0.0692. The highest BCUT2D eigenvalue weighted by Crippen LogP contribution is 2.30. The van der Waals surface area contributed by atoms with Crippen LogP contribution in [0.25, 0.3) is 0 Å². The van der Waals surface area contributed by atoms with Crippen LogP contribution in [-0.2, 0) is 11.3 Å². The summed E-state index contributed by atoms with van der Waals surface area (Å²) in [6, 6.07) is 9.33. The van der Waals surface area contributed by atoms with Crippen molar-refractivity contribution < 1.29 is 28.2 Å². The molecular weight excluding hydrogens is 376 g/mol. The second kappa shape index (κ2) is 7.19. The van der Waals surface area contributed by atoms with Gasteiger partial charge in [0.25, 0.3) is 0 Å². The molecule has 0 spiro atoms. The molecule has 1 amide bonds. The maximum absolute atomic E-state index is 14.0. The van der Waals surface area contributed by atoms with Crippen LogP contribution < -0.4 is 5.32 Å². The highest BCUT2D eigenvalue weighted by molar-refractivity contribution is 9.10. The molecule has 0 unspecified atom stereocenters. The van der Waals surface area contributed by atoms with Crippen molar-refractivity contribution >= 4 is 33.7 Å². The van der Waals surface area contributed by atoms with E-state index in [9.17, 15) is 18.4 Å². The summed E-state index contributed by atoms with van der Waals surface area (Å²) in [7, 11) is 0. The molecule has 0 aromatic heterocycles. The van der Waals surface area contributed by atoms with Gasteiger partial charge in [-0.3, -0.25) is 5.32 Å². The lowest BCUT2D eigenvalue weighted by Crippen LogP contribution is -2.18. The molecule has 0 bridgehead atoms. The second-order valence-corrected chi connectivity index (χ2v) is 5.25. The van der Waals surface area contributed by atoms with Crippen molar-refractivity contribution in [2.45, 2.75) is 6.61 Å². The van der Waals surface area contributed by atoms with Crippen LogP contribution in [0.4, 0.5) is 19.3 Å². The first-order chi connectivity index (χ1) is 10.9. The number of carbonyl (C=O) groups excluding carboxylic acids is 1. The molecule has 120 valence electrons. The molecule has 5 nitrogen and oxygen atoms in total. The van der Waals surface area contributed by atoms with Crippen molar-refractivity contribution in [3.63, 3.8) is 0 Å². The van der Waals surface area contributed by atoms with Gasteiger partial charge in [-0.05, 0) is 27.6 Å². The van der Waals surface area contributed by atoms with E-state index < -0.39 is 34.9 Å². The highest BCUT2D eigenvalue weighted by atomic mass is 79.9. The number of carbonyl (C=O) groups is 2. The van der Waals surface area contributed by atoms with Gasteiger partial charge in [0.2, 0.25) is 0 Å². The first-order valence-electron chi connectivity index (χ1n) is 6.28. The third-order valence-corrected chi connectivity index (χ3v) is 3.40. The molecule has 0 aliphatic rings. The summed E-state index contributed by atoms with van der Waals surface area (Å²) in [6.07, 6.45) is -1.10. The Bertz CT molecular complexity index is 753. The van der Waals surface area contributed by atoms with Crippen LogP contribution >= 0.6 is 15.9 Å². The number of carboxylic acid groups (broad SMARTS) is 1. The second-order valence-electron chi connectivity index (χ2n) is 4.40. The number of benzene rings is 2. The average Bonchev–Trinajstić information content (AvgIpc) is 2.51. The Morgan fingerprint density at radius 2 is 1.87 bits per heavy atom. The maximum Gasteiger partial charge on any atom is 0.412 e. The third kappa shape index (κ3) is 4.04. The summed E-state index contributed by atoms with van der Waals surface area (Å²) < 4.78 is 32.2. The summed E-state index contributed by atoms with van der Waals surface area (Å²) in [5.74, 6) is -4.02. The topological polar surface area (TPSA) is 75.6 Å². The van der Waals surface area contributed by atoms with Crippen molar-refractivity contribution in [3.8, 4) is 0 Å². The van der Waals surface area contributed by atoms with E-state index in [2.05, 4.69) is 15.9 Å². The van der Waals surface area contributed by atoms with E-state index in [0.717, 1.165) is 0 Å². The Morgan fingerprint density at radius 1 is 1.22 bits per heavy atom.